The van der Waals surface area contributed by atoms with Gasteiger partial charge in [-0.15, -0.1) is 0 Å². The van der Waals surface area contributed by atoms with Gasteiger partial charge in [0.1, 0.15) is 0 Å². The molecule has 2 aliphatic heterocycles. The molecule has 236 valence electrons. The van der Waals surface area contributed by atoms with E-state index in [1.54, 1.807) is 0 Å². The van der Waals surface area contributed by atoms with Crippen LogP contribution in [-0.2, 0) is 33.9 Å². The van der Waals surface area contributed by atoms with Gasteiger partial charge in [0.25, 0.3) is 5.91 Å². The van der Waals surface area contributed by atoms with E-state index in [0.717, 1.165) is 31.9 Å². The normalized spacial score (nSPS) is 20.0. The van der Waals surface area contributed by atoms with Gasteiger partial charge in [-0.25, -0.2) is 8.42 Å². The van der Waals surface area contributed by atoms with Crippen LogP contribution in [0.1, 0.15) is 59.7 Å². The third-order valence-electron chi connectivity index (χ3n) is 7.84. The molecule has 43 heavy (non-hydrogen) atoms. The fourth-order valence-corrected chi connectivity index (χ4v) is 7.13. The van der Waals surface area contributed by atoms with E-state index in [1.165, 1.54) is 31.2 Å². The Bertz CT molecular complexity index is 1450. The van der Waals surface area contributed by atoms with Crippen molar-refractivity contribution in [1.82, 2.24) is 20.9 Å². The first-order valence-corrected chi connectivity index (χ1v) is 16.6. The molecule has 2 aromatic carbocycles. The molecular formula is C29H35Cl2F3N4O4S. The van der Waals surface area contributed by atoms with Crippen molar-refractivity contribution >= 4 is 44.9 Å². The fraction of sp³-hybridized carbons (Fsp3) is 0.517. The molecule has 2 fully saturated rings. The van der Waals surface area contributed by atoms with Gasteiger partial charge < -0.3 is 16.0 Å². The molecule has 0 radical (unpaired) electrons. The first kappa shape index (κ1) is 33.5. The molecule has 14 heteroatoms. The molecule has 0 spiro atoms. The average molecular weight is 664 g/mol. The van der Waals surface area contributed by atoms with Crippen molar-refractivity contribution in [1.29, 1.82) is 0 Å². The van der Waals surface area contributed by atoms with Crippen LogP contribution >= 0.6 is 23.2 Å². The minimum absolute atomic E-state index is 0.0181. The Hall–Kier alpha value is -2.38. The summed E-state index contributed by atoms with van der Waals surface area (Å²) in [6.45, 7) is 3.52. The van der Waals surface area contributed by atoms with Crippen LogP contribution in [-0.4, -0.2) is 63.1 Å². The highest BCUT2D eigenvalue weighted by atomic mass is 35.5. The second-order valence-electron chi connectivity index (χ2n) is 10.9. The summed E-state index contributed by atoms with van der Waals surface area (Å²) in [4.78, 5) is 27.5. The number of hydrogen-bond donors (Lipinski definition) is 3. The van der Waals surface area contributed by atoms with Crippen molar-refractivity contribution in [2.75, 3.05) is 31.9 Å². The number of nitrogens with one attached hydrogen (secondary N) is 3. The van der Waals surface area contributed by atoms with Gasteiger partial charge >= 0.3 is 6.18 Å². The van der Waals surface area contributed by atoms with Crippen molar-refractivity contribution in [3.8, 4) is 0 Å². The minimum atomic E-state index is -4.79. The molecule has 8 nitrogen and oxygen atoms in total. The topological polar surface area (TPSA) is 108 Å². The number of alkyl halides is 3. The van der Waals surface area contributed by atoms with Crippen LogP contribution in [0.25, 0.3) is 0 Å². The monoisotopic (exact) mass is 662 g/mol. The van der Waals surface area contributed by atoms with E-state index in [9.17, 15) is 31.2 Å². The van der Waals surface area contributed by atoms with Gasteiger partial charge in [-0.3, -0.25) is 14.5 Å². The number of carbonyl (C=O) groups is 2. The smallest absolute Gasteiger partial charge is 0.352 e. The summed E-state index contributed by atoms with van der Waals surface area (Å²) in [6, 6.07) is 5.90. The molecule has 0 aromatic heterocycles. The molecule has 0 saturated carbocycles. The Kier molecular flexibility index (Phi) is 11.0. The molecule has 0 aliphatic carbocycles. The highest BCUT2D eigenvalue weighted by molar-refractivity contribution is 7.91. The van der Waals surface area contributed by atoms with E-state index in [0.29, 0.717) is 26.1 Å². The summed E-state index contributed by atoms with van der Waals surface area (Å²) < 4.78 is 67.7. The lowest BCUT2D eigenvalue weighted by atomic mass is 9.97. The summed E-state index contributed by atoms with van der Waals surface area (Å²) in [6.07, 6.45) is -1.63. The summed E-state index contributed by atoms with van der Waals surface area (Å²) in [5.41, 5.74) is -1.28. The molecule has 2 heterocycles. The number of amides is 2. The van der Waals surface area contributed by atoms with Crippen LogP contribution in [0.3, 0.4) is 0 Å². The molecule has 2 aromatic rings. The molecule has 2 atom stereocenters. The van der Waals surface area contributed by atoms with Gasteiger partial charge in [0.05, 0.1) is 22.1 Å². The number of halogens is 5. The van der Waals surface area contributed by atoms with Gasteiger partial charge in [0.15, 0.2) is 9.84 Å². The maximum Gasteiger partial charge on any atom is 0.416 e. The highest BCUT2D eigenvalue weighted by Gasteiger charge is 2.36. The summed E-state index contributed by atoms with van der Waals surface area (Å²) in [5, 5.41) is 8.80. The summed E-state index contributed by atoms with van der Waals surface area (Å²) in [5.74, 6) is -1.18. The van der Waals surface area contributed by atoms with Crippen molar-refractivity contribution in [2.45, 2.75) is 62.8 Å². The first-order chi connectivity index (χ1) is 20.3. The van der Waals surface area contributed by atoms with Gasteiger partial charge in [-0.2, -0.15) is 13.2 Å². The second-order valence-corrected chi connectivity index (χ2v) is 14.0. The zero-order valence-corrected chi connectivity index (χ0v) is 26.0. The molecule has 4 rings (SSSR count). The van der Waals surface area contributed by atoms with E-state index < -0.39 is 27.5 Å². The van der Waals surface area contributed by atoms with E-state index in [1.807, 2.05) is 4.90 Å². The zero-order valence-electron chi connectivity index (χ0n) is 23.7. The minimum Gasteiger partial charge on any atom is -0.352 e. The van der Waals surface area contributed by atoms with Crippen LogP contribution in [0.5, 0.6) is 0 Å². The highest BCUT2D eigenvalue weighted by Crippen LogP contribution is 2.37. The Morgan fingerprint density at radius 3 is 2.56 bits per heavy atom. The maximum atomic E-state index is 14.2. The van der Waals surface area contributed by atoms with Crippen LogP contribution in [0.15, 0.2) is 35.2 Å². The third-order valence-corrected chi connectivity index (χ3v) is 10.2. The van der Waals surface area contributed by atoms with Crippen molar-refractivity contribution in [3.05, 3.63) is 62.6 Å². The van der Waals surface area contributed by atoms with Gasteiger partial charge in [-0.05, 0) is 80.2 Å². The first-order valence-electron chi connectivity index (χ1n) is 14.2. The summed E-state index contributed by atoms with van der Waals surface area (Å²) >= 11 is 12.4. The lowest BCUT2D eigenvalue weighted by Gasteiger charge is -2.35. The maximum absolute atomic E-state index is 14.2. The van der Waals surface area contributed by atoms with E-state index >= 15 is 0 Å². The van der Waals surface area contributed by atoms with Gasteiger partial charge in [0, 0.05) is 47.8 Å². The predicted octanol–water partition coefficient (Wildman–Crippen LogP) is 4.82. The van der Waals surface area contributed by atoms with E-state index in [-0.39, 0.29) is 68.3 Å². The van der Waals surface area contributed by atoms with Crippen LogP contribution in [0, 0.1) is 5.92 Å². The molecule has 0 unspecified atom stereocenters. The number of likely N-dealkylation sites (tertiary alicyclic amines) is 1. The molecular weight excluding hydrogens is 628 g/mol. The van der Waals surface area contributed by atoms with Crippen molar-refractivity contribution in [3.63, 3.8) is 0 Å². The Morgan fingerprint density at radius 2 is 1.88 bits per heavy atom. The van der Waals surface area contributed by atoms with Crippen LogP contribution in [0.4, 0.5) is 13.2 Å². The molecule has 2 aliphatic rings. The molecule has 2 saturated heterocycles. The van der Waals surface area contributed by atoms with Crippen molar-refractivity contribution in [2.24, 2.45) is 5.92 Å². The predicted molar refractivity (Wildman–Crippen MR) is 159 cm³/mol. The fourth-order valence-electron chi connectivity index (χ4n) is 5.54. The number of sulfone groups is 1. The Morgan fingerprint density at radius 1 is 1.12 bits per heavy atom. The summed E-state index contributed by atoms with van der Waals surface area (Å²) in [7, 11) is -3.64. The van der Waals surface area contributed by atoms with Gasteiger partial charge in [-0.1, -0.05) is 30.1 Å². The second kappa shape index (κ2) is 14.2. The third kappa shape index (κ3) is 8.63. The molecule has 3 N–H and O–H groups in total. The number of nitrogens with zero attached hydrogens (tertiary/aromatic N) is 1. The van der Waals surface area contributed by atoms with Crippen molar-refractivity contribution < 1.29 is 31.2 Å². The average Bonchev–Trinajstić information content (AvgIpc) is 2.96. The number of carbonyl (C=O) groups excluding carboxylic acids is 2. The SMILES string of the molecule is CCS(=O)(=O)c1ccc(Cl)cc1CNC(=O)c1cc(Cl)c(CN2CCC[C@H](NC(=O)[C@@H]3CCCNC3)C2)c(C(F)(F)F)c1. The number of rotatable bonds is 9. The lowest BCUT2D eigenvalue weighted by Crippen LogP contribution is -2.50. The number of piperidine rings is 2. The van der Waals surface area contributed by atoms with E-state index in [4.69, 9.17) is 23.2 Å². The van der Waals surface area contributed by atoms with E-state index in [2.05, 4.69) is 16.0 Å². The zero-order chi connectivity index (χ0) is 31.4. The number of benzene rings is 2. The Labute approximate surface area is 259 Å². The van der Waals surface area contributed by atoms with Crippen LogP contribution < -0.4 is 16.0 Å². The molecule has 0 bridgehead atoms. The van der Waals surface area contributed by atoms with Gasteiger partial charge in [0.2, 0.25) is 5.91 Å². The lowest BCUT2D eigenvalue weighted by molar-refractivity contribution is -0.138. The largest absolute Gasteiger partial charge is 0.416 e. The van der Waals surface area contributed by atoms with Crippen LogP contribution in [0.2, 0.25) is 10.0 Å². The standard InChI is InChI=1S/C29H35Cl2F3N4O4S/c1-2-43(41,42)26-8-7-21(30)11-20(26)15-36-27(39)19-12-24(29(32,33)34)23(25(31)13-19)17-38-10-4-6-22(16-38)37-28(40)18-5-3-9-35-14-18/h7-8,11-13,18,22,35H,2-6,9-10,14-17H2,1H3,(H,36,39)(H,37,40)/t18-,22+/m1/s1. The number of hydrogen-bond acceptors (Lipinski definition) is 6. The quantitative estimate of drug-likeness (QED) is 0.356. The Balaban J connectivity index is 1.49. The molecule has 2 amide bonds.